The number of hydrogen-bond acceptors (Lipinski definition) is 6. The van der Waals surface area contributed by atoms with E-state index >= 15 is 0 Å². The molecule has 3 rings (SSSR count). The van der Waals surface area contributed by atoms with Gasteiger partial charge in [-0.25, -0.2) is 4.98 Å². The van der Waals surface area contributed by atoms with Crippen LogP contribution in [0.25, 0.3) is 0 Å². The second-order valence-corrected chi connectivity index (χ2v) is 4.99. The van der Waals surface area contributed by atoms with Gasteiger partial charge in [0.05, 0.1) is 26.0 Å². The van der Waals surface area contributed by atoms with Crippen LogP contribution in [0.4, 0.5) is 5.95 Å². The first-order valence-corrected chi connectivity index (χ1v) is 7.11. The van der Waals surface area contributed by atoms with Gasteiger partial charge in [0.1, 0.15) is 5.76 Å². The predicted octanol–water partition coefficient (Wildman–Crippen LogP) is 2.26. The van der Waals surface area contributed by atoms with Crippen molar-refractivity contribution < 1.29 is 13.9 Å². The van der Waals surface area contributed by atoms with E-state index in [0.29, 0.717) is 18.4 Å². The molecule has 0 bridgehead atoms. The number of anilines is 1. The van der Waals surface area contributed by atoms with Crippen molar-refractivity contribution in [1.29, 1.82) is 0 Å². The van der Waals surface area contributed by atoms with Crippen molar-refractivity contribution in [3.8, 4) is 5.88 Å². The topological polar surface area (TPSA) is 60.6 Å². The summed E-state index contributed by atoms with van der Waals surface area (Å²) in [6, 6.07) is 5.56. The lowest BCUT2D eigenvalue weighted by Crippen LogP contribution is -2.33. The van der Waals surface area contributed by atoms with Crippen molar-refractivity contribution in [3.05, 3.63) is 36.4 Å². The second-order valence-electron chi connectivity index (χ2n) is 4.99. The number of aromatic nitrogens is 2. The Morgan fingerprint density at radius 1 is 1.43 bits per heavy atom. The van der Waals surface area contributed by atoms with Crippen molar-refractivity contribution in [2.24, 2.45) is 0 Å². The SMILES string of the molecule is COc1ccnc(N(Cc2ccco2)CC2CCCO2)n1. The lowest BCUT2D eigenvalue weighted by atomic mass is 10.2. The highest BCUT2D eigenvalue weighted by Gasteiger charge is 2.22. The zero-order valence-corrected chi connectivity index (χ0v) is 12.1. The third-order valence-corrected chi connectivity index (χ3v) is 3.48. The van der Waals surface area contributed by atoms with Crippen molar-refractivity contribution in [2.45, 2.75) is 25.5 Å². The molecular weight excluding hydrogens is 270 g/mol. The minimum atomic E-state index is 0.217. The molecule has 0 saturated carbocycles. The molecule has 0 spiro atoms. The van der Waals surface area contributed by atoms with E-state index in [1.807, 2.05) is 12.1 Å². The van der Waals surface area contributed by atoms with Gasteiger partial charge in [0, 0.05) is 25.4 Å². The summed E-state index contributed by atoms with van der Waals surface area (Å²) in [7, 11) is 1.60. The van der Waals surface area contributed by atoms with Crippen molar-refractivity contribution in [3.63, 3.8) is 0 Å². The van der Waals surface area contributed by atoms with Crippen LogP contribution < -0.4 is 9.64 Å². The number of nitrogens with zero attached hydrogens (tertiary/aromatic N) is 3. The molecular formula is C15H19N3O3. The van der Waals surface area contributed by atoms with E-state index in [1.54, 1.807) is 25.6 Å². The van der Waals surface area contributed by atoms with E-state index in [-0.39, 0.29) is 6.10 Å². The van der Waals surface area contributed by atoms with Crippen LogP contribution in [-0.2, 0) is 11.3 Å². The molecule has 21 heavy (non-hydrogen) atoms. The summed E-state index contributed by atoms with van der Waals surface area (Å²) in [6.07, 6.45) is 5.77. The molecule has 0 aliphatic carbocycles. The van der Waals surface area contributed by atoms with Crippen molar-refractivity contribution in [1.82, 2.24) is 9.97 Å². The van der Waals surface area contributed by atoms with Crippen LogP contribution >= 0.6 is 0 Å². The molecule has 1 aliphatic rings. The van der Waals surface area contributed by atoms with E-state index in [0.717, 1.165) is 31.8 Å². The van der Waals surface area contributed by atoms with E-state index in [1.165, 1.54) is 0 Å². The molecule has 0 aromatic carbocycles. The fourth-order valence-corrected chi connectivity index (χ4v) is 2.44. The zero-order chi connectivity index (χ0) is 14.5. The van der Waals surface area contributed by atoms with Crippen LogP contribution in [0.2, 0.25) is 0 Å². The van der Waals surface area contributed by atoms with Crippen LogP contribution in [-0.4, -0.2) is 36.3 Å². The summed E-state index contributed by atoms with van der Waals surface area (Å²) in [5.74, 6) is 2.05. The number of methoxy groups -OCH3 is 1. The smallest absolute Gasteiger partial charge is 0.229 e. The number of furan rings is 1. The molecule has 1 saturated heterocycles. The van der Waals surface area contributed by atoms with Gasteiger partial charge < -0.3 is 18.8 Å². The standard InChI is InChI=1S/C15H19N3O3/c1-19-14-6-7-16-15(17-14)18(10-12-4-2-8-20-12)11-13-5-3-9-21-13/h2,4,6-8,13H,3,5,9-11H2,1H3. The maximum absolute atomic E-state index is 5.72. The molecule has 0 radical (unpaired) electrons. The van der Waals surface area contributed by atoms with Crippen LogP contribution in [0.15, 0.2) is 35.1 Å². The summed E-state index contributed by atoms with van der Waals surface area (Å²) in [4.78, 5) is 10.8. The molecule has 0 amide bonds. The average molecular weight is 289 g/mol. The Kier molecular flexibility index (Phi) is 4.35. The Balaban J connectivity index is 1.79. The second kappa shape index (κ2) is 6.58. The zero-order valence-electron chi connectivity index (χ0n) is 12.1. The molecule has 2 aromatic rings. The first-order chi connectivity index (χ1) is 10.3. The molecule has 1 unspecified atom stereocenters. The van der Waals surface area contributed by atoms with Crippen molar-refractivity contribution in [2.75, 3.05) is 25.2 Å². The van der Waals surface area contributed by atoms with Gasteiger partial charge in [-0.1, -0.05) is 0 Å². The molecule has 3 heterocycles. The van der Waals surface area contributed by atoms with Crippen LogP contribution in [0, 0.1) is 0 Å². The quantitative estimate of drug-likeness (QED) is 0.813. The Hall–Kier alpha value is -2.08. The van der Waals surface area contributed by atoms with E-state index < -0.39 is 0 Å². The highest BCUT2D eigenvalue weighted by molar-refractivity contribution is 5.33. The van der Waals surface area contributed by atoms with Gasteiger partial charge in [0.25, 0.3) is 0 Å². The summed E-state index contributed by atoms with van der Waals surface area (Å²) in [5, 5.41) is 0. The van der Waals surface area contributed by atoms with Gasteiger partial charge in [-0.3, -0.25) is 0 Å². The van der Waals surface area contributed by atoms with Crippen LogP contribution in [0.1, 0.15) is 18.6 Å². The van der Waals surface area contributed by atoms with Gasteiger partial charge in [0.2, 0.25) is 11.8 Å². The maximum Gasteiger partial charge on any atom is 0.229 e. The molecule has 2 aromatic heterocycles. The molecule has 1 fully saturated rings. The summed E-state index contributed by atoms with van der Waals surface area (Å²) in [6.45, 7) is 2.19. The fraction of sp³-hybridized carbons (Fsp3) is 0.467. The third kappa shape index (κ3) is 3.52. The number of rotatable bonds is 6. The monoisotopic (exact) mass is 289 g/mol. The Morgan fingerprint density at radius 3 is 3.10 bits per heavy atom. The van der Waals surface area contributed by atoms with Crippen molar-refractivity contribution >= 4 is 5.95 Å². The lowest BCUT2D eigenvalue weighted by molar-refractivity contribution is 0.114. The van der Waals surface area contributed by atoms with Gasteiger partial charge in [-0.05, 0) is 25.0 Å². The van der Waals surface area contributed by atoms with Gasteiger partial charge >= 0.3 is 0 Å². The summed E-state index contributed by atoms with van der Waals surface area (Å²) >= 11 is 0. The third-order valence-electron chi connectivity index (χ3n) is 3.48. The normalized spacial score (nSPS) is 17.9. The Morgan fingerprint density at radius 2 is 2.38 bits per heavy atom. The van der Waals surface area contributed by atoms with E-state index in [4.69, 9.17) is 13.9 Å². The Labute approximate surface area is 123 Å². The van der Waals surface area contributed by atoms with Gasteiger partial charge in [0.15, 0.2) is 0 Å². The molecule has 1 aliphatic heterocycles. The fourth-order valence-electron chi connectivity index (χ4n) is 2.44. The number of hydrogen-bond donors (Lipinski definition) is 0. The largest absolute Gasteiger partial charge is 0.481 e. The first-order valence-electron chi connectivity index (χ1n) is 7.11. The van der Waals surface area contributed by atoms with E-state index in [9.17, 15) is 0 Å². The number of ether oxygens (including phenoxy) is 2. The predicted molar refractivity (Wildman–Crippen MR) is 77.3 cm³/mol. The molecule has 0 N–H and O–H groups in total. The minimum Gasteiger partial charge on any atom is -0.481 e. The van der Waals surface area contributed by atoms with Gasteiger partial charge in [-0.15, -0.1) is 0 Å². The highest BCUT2D eigenvalue weighted by Crippen LogP contribution is 2.20. The van der Waals surface area contributed by atoms with Gasteiger partial charge in [-0.2, -0.15) is 4.98 Å². The highest BCUT2D eigenvalue weighted by atomic mass is 16.5. The summed E-state index contributed by atoms with van der Waals surface area (Å²) in [5.41, 5.74) is 0. The maximum atomic E-state index is 5.72. The molecule has 1 atom stereocenters. The molecule has 6 nitrogen and oxygen atoms in total. The van der Waals surface area contributed by atoms with Crippen LogP contribution in [0.3, 0.4) is 0 Å². The average Bonchev–Trinajstić information content (AvgIpc) is 3.20. The lowest BCUT2D eigenvalue weighted by Gasteiger charge is -2.24. The minimum absolute atomic E-state index is 0.217. The summed E-state index contributed by atoms with van der Waals surface area (Å²) < 4.78 is 16.3. The first kappa shape index (κ1) is 13.9. The molecule has 6 heteroatoms. The molecule has 112 valence electrons. The van der Waals surface area contributed by atoms with Crippen LogP contribution in [0.5, 0.6) is 5.88 Å². The van der Waals surface area contributed by atoms with E-state index in [2.05, 4.69) is 14.9 Å². The Bertz CT molecular complexity index is 553.